The molecule has 2 rings (SSSR count). The fourth-order valence-electron chi connectivity index (χ4n) is 2.07. The van der Waals surface area contributed by atoms with E-state index in [0.717, 1.165) is 22.2 Å². The predicted octanol–water partition coefficient (Wildman–Crippen LogP) is 1.91. The molecule has 0 spiro atoms. The number of hydrogen-bond acceptors (Lipinski definition) is 7. The number of anilines is 1. The van der Waals surface area contributed by atoms with Crippen molar-refractivity contribution in [3.63, 3.8) is 0 Å². The molecule has 0 saturated heterocycles. The zero-order valence-electron chi connectivity index (χ0n) is 13.7. The van der Waals surface area contributed by atoms with Gasteiger partial charge in [-0.3, -0.25) is 4.98 Å². The number of rotatable bonds is 6. The van der Waals surface area contributed by atoms with Crippen molar-refractivity contribution in [3.05, 3.63) is 59.8 Å². The molecular formula is C17H21N7. The first kappa shape index (κ1) is 17.0. The van der Waals surface area contributed by atoms with Crippen molar-refractivity contribution in [3.8, 4) is 0 Å². The normalized spacial score (nSPS) is 13.0. The monoisotopic (exact) mass is 323 g/mol. The lowest BCUT2D eigenvalue weighted by Crippen LogP contribution is -2.12. The van der Waals surface area contributed by atoms with E-state index < -0.39 is 0 Å². The maximum absolute atomic E-state index is 7.50. The number of aromatic nitrogens is 2. The van der Waals surface area contributed by atoms with Gasteiger partial charge in [-0.1, -0.05) is 0 Å². The molecule has 7 heteroatoms. The molecule has 0 aromatic carbocycles. The van der Waals surface area contributed by atoms with Crippen LogP contribution in [-0.4, -0.2) is 23.2 Å². The van der Waals surface area contributed by atoms with Gasteiger partial charge < -0.3 is 27.5 Å². The van der Waals surface area contributed by atoms with E-state index in [2.05, 4.69) is 20.6 Å². The molecule has 124 valence electrons. The van der Waals surface area contributed by atoms with Crippen LogP contribution in [0.3, 0.4) is 0 Å². The molecule has 0 bridgehead atoms. The van der Waals surface area contributed by atoms with E-state index >= 15 is 0 Å². The molecule has 0 unspecified atom stereocenters. The Morgan fingerprint density at radius 1 is 1.29 bits per heavy atom. The molecule has 0 atom stereocenters. The molecule has 2 aromatic heterocycles. The maximum Gasteiger partial charge on any atom is 0.132 e. The summed E-state index contributed by atoms with van der Waals surface area (Å²) in [4.78, 5) is 8.91. The van der Waals surface area contributed by atoms with E-state index in [1.54, 1.807) is 25.5 Å². The molecular weight excluding hydrogens is 302 g/mol. The lowest BCUT2D eigenvalue weighted by Gasteiger charge is -2.09. The number of hydrogen-bond donors (Lipinski definition) is 5. The van der Waals surface area contributed by atoms with Gasteiger partial charge in [-0.15, -0.1) is 0 Å². The molecule has 7 N–H and O–H groups in total. The maximum atomic E-state index is 7.50. The molecule has 0 aliphatic carbocycles. The zero-order valence-corrected chi connectivity index (χ0v) is 13.7. The fourth-order valence-corrected chi connectivity index (χ4v) is 2.07. The summed E-state index contributed by atoms with van der Waals surface area (Å²) in [6.07, 6.45) is 7.87. The van der Waals surface area contributed by atoms with E-state index in [0.29, 0.717) is 17.2 Å². The minimum atomic E-state index is 0.475. The van der Waals surface area contributed by atoms with Crippen LogP contribution in [0.15, 0.2) is 54.3 Å². The number of nitrogens with one attached hydrogen (secondary N) is 3. The summed E-state index contributed by atoms with van der Waals surface area (Å²) < 4.78 is 0. The third kappa shape index (κ3) is 3.89. The van der Waals surface area contributed by atoms with Crippen LogP contribution >= 0.6 is 0 Å². The zero-order chi connectivity index (χ0) is 17.5. The second kappa shape index (κ2) is 7.77. The smallest absolute Gasteiger partial charge is 0.132 e. The van der Waals surface area contributed by atoms with Crippen LogP contribution in [0.25, 0.3) is 16.6 Å². The summed E-state index contributed by atoms with van der Waals surface area (Å²) in [6, 6.07) is 5.55. The van der Waals surface area contributed by atoms with Crippen LogP contribution in [-0.2, 0) is 0 Å². The molecule has 2 aromatic rings. The van der Waals surface area contributed by atoms with Crippen LogP contribution < -0.4 is 22.1 Å². The third-order valence-electron chi connectivity index (χ3n) is 3.36. The van der Waals surface area contributed by atoms with Gasteiger partial charge in [0.05, 0.1) is 11.0 Å². The van der Waals surface area contributed by atoms with Crippen molar-refractivity contribution >= 4 is 28.6 Å². The number of allylic oxidation sites excluding steroid dienone is 3. The second-order valence-electron chi connectivity index (χ2n) is 5.07. The Bertz CT molecular complexity index is 834. The van der Waals surface area contributed by atoms with E-state index in [9.17, 15) is 0 Å². The van der Waals surface area contributed by atoms with Crippen molar-refractivity contribution in [2.45, 2.75) is 6.92 Å². The van der Waals surface area contributed by atoms with Gasteiger partial charge in [-0.2, -0.15) is 0 Å². The Morgan fingerprint density at radius 2 is 2.08 bits per heavy atom. The van der Waals surface area contributed by atoms with Crippen LogP contribution in [0, 0.1) is 5.41 Å². The average Bonchev–Trinajstić information content (AvgIpc) is 2.59. The molecule has 0 aliphatic rings. The highest BCUT2D eigenvalue weighted by atomic mass is 15.1. The predicted molar refractivity (Wildman–Crippen MR) is 99.2 cm³/mol. The Labute approximate surface area is 140 Å². The van der Waals surface area contributed by atoms with Gasteiger partial charge in [-0.25, -0.2) is 4.98 Å². The lowest BCUT2D eigenvalue weighted by atomic mass is 10.1. The molecule has 2 heterocycles. The Kier molecular flexibility index (Phi) is 5.51. The van der Waals surface area contributed by atoms with Crippen molar-refractivity contribution in [2.75, 3.05) is 12.4 Å². The fraction of sp³-hybridized carbons (Fsp3) is 0.118. The van der Waals surface area contributed by atoms with Crippen LogP contribution in [0.1, 0.15) is 12.5 Å². The van der Waals surface area contributed by atoms with Gasteiger partial charge in [-0.05, 0) is 43.0 Å². The minimum absolute atomic E-state index is 0.475. The minimum Gasteiger partial charge on any atom is -0.405 e. The molecule has 0 amide bonds. The van der Waals surface area contributed by atoms with Gasteiger partial charge in [0.1, 0.15) is 11.6 Å². The van der Waals surface area contributed by atoms with Gasteiger partial charge >= 0.3 is 0 Å². The van der Waals surface area contributed by atoms with Crippen molar-refractivity contribution in [1.82, 2.24) is 15.3 Å². The SMILES string of the molecule is CN/C=C(\C=N)c1cnc2ccc(N/C(N)=C(C)/C=C\N)nc2c1. The number of nitrogens with two attached hydrogens (primary N) is 2. The van der Waals surface area contributed by atoms with Gasteiger partial charge in [0.15, 0.2) is 0 Å². The molecule has 24 heavy (non-hydrogen) atoms. The van der Waals surface area contributed by atoms with Crippen LogP contribution in [0.5, 0.6) is 0 Å². The highest BCUT2D eigenvalue weighted by molar-refractivity contribution is 6.08. The topological polar surface area (TPSA) is 126 Å². The van der Waals surface area contributed by atoms with E-state index in [-0.39, 0.29) is 0 Å². The number of pyridine rings is 2. The van der Waals surface area contributed by atoms with Gasteiger partial charge in [0.25, 0.3) is 0 Å². The quantitative estimate of drug-likeness (QED) is 0.408. The summed E-state index contributed by atoms with van der Waals surface area (Å²) in [5.74, 6) is 1.08. The molecule has 7 nitrogen and oxygen atoms in total. The summed E-state index contributed by atoms with van der Waals surface area (Å²) in [5.41, 5.74) is 15.2. The first-order chi connectivity index (χ1) is 11.6. The van der Waals surface area contributed by atoms with Crippen LogP contribution in [0.4, 0.5) is 5.82 Å². The van der Waals surface area contributed by atoms with Gasteiger partial charge in [0.2, 0.25) is 0 Å². The molecule has 0 radical (unpaired) electrons. The first-order valence-electron chi connectivity index (χ1n) is 7.35. The average molecular weight is 323 g/mol. The summed E-state index contributed by atoms with van der Waals surface area (Å²) in [6.45, 7) is 1.85. The second-order valence-corrected chi connectivity index (χ2v) is 5.07. The molecule has 0 aliphatic heterocycles. The van der Waals surface area contributed by atoms with Crippen molar-refractivity contribution in [2.24, 2.45) is 11.5 Å². The van der Waals surface area contributed by atoms with Crippen molar-refractivity contribution < 1.29 is 0 Å². The highest BCUT2D eigenvalue weighted by Crippen LogP contribution is 2.19. The van der Waals surface area contributed by atoms with Gasteiger partial charge in [0, 0.05) is 36.8 Å². The van der Waals surface area contributed by atoms with E-state index in [4.69, 9.17) is 16.9 Å². The van der Waals surface area contributed by atoms with Crippen molar-refractivity contribution in [1.29, 1.82) is 5.41 Å². The van der Waals surface area contributed by atoms with E-state index in [1.165, 1.54) is 12.4 Å². The Hall–Kier alpha value is -3.35. The first-order valence-corrected chi connectivity index (χ1v) is 7.35. The number of nitrogens with zero attached hydrogens (tertiary/aromatic N) is 2. The molecule has 0 saturated carbocycles. The Balaban J connectivity index is 2.40. The standard InChI is InChI=1S/C17H21N7/c1-11(5-6-18)17(20)24-16-4-3-14-15(23-16)7-12(10-22-14)13(8-19)9-21-2/h3-10,19,21H,18,20H2,1-2H3,(H,23,24)/b6-5-,13-9+,17-11+,19-8?. The third-order valence-corrected chi connectivity index (χ3v) is 3.36. The number of fused-ring (bicyclic) bond motifs is 1. The Morgan fingerprint density at radius 3 is 2.75 bits per heavy atom. The highest BCUT2D eigenvalue weighted by Gasteiger charge is 2.05. The molecule has 0 fully saturated rings. The summed E-state index contributed by atoms with van der Waals surface area (Å²) in [7, 11) is 1.78. The summed E-state index contributed by atoms with van der Waals surface area (Å²) in [5, 5.41) is 13.5. The lowest BCUT2D eigenvalue weighted by molar-refractivity contribution is 1.11. The van der Waals surface area contributed by atoms with Crippen LogP contribution in [0.2, 0.25) is 0 Å². The summed E-state index contributed by atoms with van der Waals surface area (Å²) >= 11 is 0. The van der Waals surface area contributed by atoms with E-state index in [1.807, 2.05) is 25.1 Å². The largest absolute Gasteiger partial charge is 0.405 e.